The van der Waals surface area contributed by atoms with Crippen LogP contribution in [0.1, 0.15) is 18.6 Å². The summed E-state index contributed by atoms with van der Waals surface area (Å²) in [6, 6.07) is 11.2. The summed E-state index contributed by atoms with van der Waals surface area (Å²) in [5.74, 6) is -0.515. The highest BCUT2D eigenvalue weighted by Crippen LogP contribution is 2.44. The molecule has 0 aliphatic rings. The number of methoxy groups -OCH3 is 4. The molecule has 1 aromatic heterocycles. The van der Waals surface area contributed by atoms with Crippen molar-refractivity contribution >= 4 is 16.9 Å². The van der Waals surface area contributed by atoms with Crippen molar-refractivity contribution in [3.8, 4) is 51.6 Å². The van der Waals surface area contributed by atoms with Gasteiger partial charge in [0.05, 0.1) is 21.3 Å². The van der Waals surface area contributed by atoms with Gasteiger partial charge in [-0.3, -0.25) is 9.59 Å². The maximum Gasteiger partial charge on any atom is 0.302 e. The zero-order valence-corrected chi connectivity index (χ0v) is 23.5. The summed E-state index contributed by atoms with van der Waals surface area (Å²) in [6.45, 7) is 1.03. The Balaban J connectivity index is 1.80. The molecule has 4 aromatic rings. The van der Waals surface area contributed by atoms with Crippen molar-refractivity contribution in [3.05, 3.63) is 64.3 Å². The summed E-state index contributed by atoms with van der Waals surface area (Å²) in [5.41, 5.74) is 0.363. The Bertz CT molecular complexity index is 1630. The van der Waals surface area contributed by atoms with Gasteiger partial charge in [0.25, 0.3) is 0 Å². The molecule has 0 saturated carbocycles. The molecule has 1 heterocycles. The van der Waals surface area contributed by atoms with Crippen molar-refractivity contribution in [2.24, 2.45) is 0 Å². The number of hydrogen-bond acceptors (Lipinski definition) is 12. The number of ether oxygens (including phenoxy) is 6. The normalized spacial score (nSPS) is 12.4. The van der Waals surface area contributed by atoms with Crippen LogP contribution < -0.4 is 24.4 Å². The Kier molecular flexibility index (Phi) is 8.96. The molecule has 0 unspecified atom stereocenters. The van der Waals surface area contributed by atoms with Gasteiger partial charge in [0.15, 0.2) is 34.5 Å². The first-order valence-corrected chi connectivity index (χ1v) is 12.6. The van der Waals surface area contributed by atoms with E-state index in [0.29, 0.717) is 11.1 Å². The van der Waals surface area contributed by atoms with Crippen LogP contribution in [0.25, 0.3) is 22.3 Å². The van der Waals surface area contributed by atoms with E-state index in [9.17, 15) is 24.9 Å². The van der Waals surface area contributed by atoms with E-state index in [1.54, 1.807) is 24.3 Å². The van der Waals surface area contributed by atoms with Gasteiger partial charge < -0.3 is 48.2 Å². The summed E-state index contributed by atoms with van der Waals surface area (Å²) in [5, 5.41) is 30.0. The predicted octanol–water partition coefficient (Wildman–Crippen LogP) is 4.30. The average molecular weight is 583 g/mol. The van der Waals surface area contributed by atoms with Crippen molar-refractivity contribution < 1.29 is 53.0 Å². The second kappa shape index (κ2) is 12.6. The molecule has 0 fully saturated rings. The highest BCUT2D eigenvalue weighted by atomic mass is 16.6. The second-order valence-corrected chi connectivity index (χ2v) is 9.07. The Hall–Kier alpha value is -5.10. The number of fused-ring (bicyclic) bond motifs is 1. The van der Waals surface area contributed by atoms with Gasteiger partial charge in [-0.15, -0.1) is 0 Å². The fraction of sp³-hybridized carbons (Fsp3) is 0.267. The Morgan fingerprint density at radius 2 is 1.52 bits per heavy atom. The van der Waals surface area contributed by atoms with Gasteiger partial charge in [0.1, 0.15) is 40.9 Å². The Morgan fingerprint density at radius 1 is 0.857 bits per heavy atom. The molecule has 4 rings (SSSR count). The number of esters is 1. The molecular weight excluding hydrogens is 552 g/mol. The molecule has 3 aromatic carbocycles. The molecular formula is C30H30O12. The van der Waals surface area contributed by atoms with E-state index < -0.39 is 29.4 Å². The number of phenolic OH excluding ortho intramolecular Hbond substituents is 3. The van der Waals surface area contributed by atoms with Crippen LogP contribution in [0.15, 0.2) is 57.7 Å². The van der Waals surface area contributed by atoms with E-state index in [1.165, 1.54) is 53.6 Å². The number of rotatable bonds is 11. The molecule has 0 bridgehead atoms. The van der Waals surface area contributed by atoms with Crippen molar-refractivity contribution in [3.63, 3.8) is 0 Å². The average Bonchev–Trinajstić information content (AvgIpc) is 2.95. The quantitative estimate of drug-likeness (QED) is 0.215. The SMILES string of the molecule is COc1cc([C@@H](OC)[C@@H](COC(C)=O)Oc2c(OC)cc(-c3cc(=O)c4c(O)cc(O)cc4o3)cc2OC)ccc1O. The maximum atomic E-state index is 12.8. The second-order valence-electron chi connectivity index (χ2n) is 9.07. The van der Waals surface area contributed by atoms with Crippen LogP contribution >= 0.6 is 0 Å². The first-order chi connectivity index (χ1) is 20.1. The van der Waals surface area contributed by atoms with Gasteiger partial charge in [0, 0.05) is 37.8 Å². The van der Waals surface area contributed by atoms with Gasteiger partial charge in [-0.2, -0.15) is 0 Å². The maximum absolute atomic E-state index is 12.8. The van der Waals surface area contributed by atoms with Gasteiger partial charge in [0.2, 0.25) is 5.75 Å². The fourth-order valence-electron chi connectivity index (χ4n) is 4.44. The van der Waals surface area contributed by atoms with Crippen LogP contribution in [0.4, 0.5) is 0 Å². The molecule has 0 aliphatic carbocycles. The van der Waals surface area contributed by atoms with E-state index in [1.807, 2.05) is 0 Å². The Labute approximate surface area is 240 Å². The minimum atomic E-state index is -0.939. The molecule has 12 heteroatoms. The lowest BCUT2D eigenvalue weighted by Gasteiger charge is -2.28. The smallest absolute Gasteiger partial charge is 0.302 e. The molecule has 2 atom stereocenters. The number of benzene rings is 3. The minimum absolute atomic E-state index is 0.0260. The lowest BCUT2D eigenvalue weighted by molar-refractivity contribution is -0.146. The van der Waals surface area contributed by atoms with E-state index in [-0.39, 0.29) is 57.8 Å². The van der Waals surface area contributed by atoms with Crippen LogP contribution in [-0.4, -0.2) is 62.4 Å². The summed E-state index contributed by atoms with van der Waals surface area (Å²) >= 11 is 0. The summed E-state index contributed by atoms with van der Waals surface area (Å²) in [6.07, 6.45) is -1.75. The first-order valence-electron chi connectivity index (χ1n) is 12.6. The number of aromatic hydroxyl groups is 3. The number of carbonyl (C=O) groups excluding carboxylic acids is 1. The minimum Gasteiger partial charge on any atom is -0.508 e. The highest BCUT2D eigenvalue weighted by molar-refractivity contribution is 5.86. The molecule has 0 radical (unpaired) electrons. The molecule has 0 spiro atoms. The summed E-state index contributed by atoms with van der Waals surface area (Å²) in [7, 11) is 5.66. The molecule has 0 aliphatic heterocycles. The zero-order chi connectivity index (χ0) is 30.6. The first kappa shape index (κ1) is 29.9. The van der Waals surface area contributed by atoms with Crippen molar-refractivity contribution in [2.45, 2.75) is 19.1 Å². The van der Waals surface area contributed by atoms with Crippen molar-refractivity contribution in [1.29, 1.82) is 0 Å². The molecule has 0 amide bonds. The number of phenols is 3. The van der Waals surface area contributed by atoms with E-state index in [4.69, 9.17) is 32.8 Å². The van der Waals surface area contributed by atoms with E-state index in [2.05, 4.69) is 0 Å². The molecule has 42 heavy (non-hydrogen) atoms. The largest absolute Gasteiger partial charge is 0.508 e. The third-order valence-corrected chi connectivity index (χ3v) is 6.38. The standard InChI is InChI=1S/C30H30O12/c1-15(31)40-14-27(29(39-5)16-6-7-19(33)23(8-16)36-2)42-30-25(37-3)9-17(10-26(30)38-4)22-13-21(35)28-20(34)11-18(32)12-24(28)41-22/h6-13,27,29,32-34H,14H2,1-5H3/t27-,29-/m1/s1. The number of carbonyl (C=O) groups is 1. The van der Waals surface area contributed by atoms with Crippen molar-refractivity contribution in [1.82, 2.24) is 0 Å². The monoisotopic (exact) mass is 582 g/mol. The fourth-order valence-corrected chi connectivity index (χ4v) is 4.44. The van der Waals surface area contributed by atoms with Crippen molar-refractivity contribution in [2.75, 3.05) is 35.0 Å². The molecule has 12 nitrogen and oxygen atoms in total. The molecule has 0 saturated heterocycles. The van der Waals surface area contributed by atoms with Crippen LogP contribution in [0, 0.1) is 0 Å². The topological polar surface area (TPSA) is 163 Å². The summed E-state index contributed by atoms with van der Waals surface area (Å²) in [4.78, 5) is 24.5. The van der Waals surface area contributed by atoms with Crippen LogP contribution in [0.5, 0.6) is 40.2 Å². The summed E-state index contributed by atoms with van der Waals surface area (Å²) < 4.78 is 39.6. The van der Waals surface area contributed by atoms with Gasteiger partial charge in [-0.1, -0.05) is 6.07 Å². The zero-order valence-electron chi connectivity index (χ0n) is 23.5. The molecule has 3 N–H and O–H groups in total. The van der Waals surface area contributed by atoms with Crippen LogP contribution in [0.3, 0.4) is 0 Å². The number of hydrogen-bond donors (Lipinski definition) is 3. The van der Waals surface area contributed by atoms with Crippen LogP contribution in [0.2, 0.25) is 0 Å². The van der Waals surface area contributed by atoms with E-state index in [0.717, 1.165) is 6.07 Å². The van der Waals surface area contributed by atoms with Gasteiger partial charge >= 0.3 is 5.97 Å². The molecule has 222 valence electrons. The third kappa shape index (κ3) is 6.13. The third-order valence-electron chi connectivity index (χ3n) is 6.38. The van der Waals surface area contributed by atoms with Gasteiger partial charge in [-0.25, -0.2) is 0 Å². The highest BCUT2D eigenvalue weighted by Gasteiger charge is 2.30. The predicted molar refractivity (Wildman–Crippen MR) is 150 cm³/mol. The van der Waals surface area contributed by atoms with E-state index >= 15 is 0 Å². The Morgan fingerprint density at radius 3 is 2.12 bits per heavy atom. The lowest BCUT2D eigenvalue weighted by Crippen LogP contribution is -2.32. The lowest BCUT2D eigenvalue weighted by atomic mass is 10.0. The van der Waals surface area contributed by atoms with Gasteiger partial charge in [-0.05, 0) is 29.8 Å². The van der Waals surface area contributed by atoms with Crippen LogP contribution in [-0.2, 0) is 14.3 Å².